The van der Waals surface area contributed by atoms with Gasteiger partial charge in [-0.25, -0.2) is 9.59 Å². The Morgan fingerprint density at radius 3 is 2.75 bits per heavy atom. The monoisotopic (exact) mass is 439 g/mol. The third kappa shape index (κ3) is 4.66. The molecule has 7 nitrogen and oxygen atoms in total. The molecular weight excluding hydrogens is 410 g/mol. The predicted octanol–water partition coefficient (Wildman–Crippen LogP) is 4.07. The van der Waals surface area contributed by atoms with Gasteiger partial charge in [-0.2, -0.15) is 0 Å². The predicted molar refractivity (Wildman–Crippen MR) is 118 cm³/mol. The molecule has 0 spiro atoms. The zero-order valence-corrected chi connectivity index (χ0v) is 18.8. The summed E-state index contributed by atoms with van der Waals surface area (Å²) < 4.78 is 21.9. The molecule has 4 rings (SSSR count). The molecule has 2 heterocycles. The molecule has 0 saturated carbocycles. The van der Waals surface area contributed by atoms with E-state index in [-0.39, 0.29) is 5.92 Å². The molecule has 0 fully saturated rings. The van der Waals surface area contributed by atoms with Gasteiger partial charge in [-0.1, -0.05) is 26.0 Å². The van der Waals surface area contributed by atoms with E-state index in [0.29, 0.717) is 26.2 Å². The first-order chi connectivity index (χ1) is 15.5. The SMILES string of the molecule is COC(=O)C1c2ccc(OCc3ccc4c(c3)CCO4)cc2CCN1C(=O)OCC(C)C. The van der Waals surface area contributed by atoms with Crippen LogP contribution in [0, 0.1) is 5.92 Å². The second-order valence-electron chi connectivity index (χ2n) is 8.53. The van der Waals surface area contributed by atoms with Crippen LogP contribution in [0.2, 0.25) is 0 Å². The summed E-state index contributed by atoms with van der Waals surface area (Å²) in [6.07, 6.45) is 1.03. The highest BCUT2D eigenvalue weighted by atomic mass is 16.6. The molecule has 32 heavy (non-hydrogen) atoms. The number of methoxy groups -OCH3 is 1. The number of carbonyl (C=O) groups is 2. The highest BCUT2D eigenvalue weighted by molar-refractivity contribution is 5.84. The van der Waals surface area contributed by atoms with E-state index in [1.165, 1.54) is 17.6 Å². The summed E-state index contributed by atoms with van der Waals surface area (Å²) in [6, 6.07) is 10.9. The highest BCUT2D eigenvalue weighted by Crippen LogP contribution is 2.34. The third-order valence-electron chi connectivity index (χ3n) is 5.70. The molecule has 0 aromatic heterocycles. The zero-order valence-electron chi connectivity index (χ0n) is 18.8. The highest BCUT2D eigenvalue weighted by Gasteiger charge is 2.38. The number of hydrogen-bond donors (Lipinski definition) is 0. The molecule has 1 unspecified atom stereocenters. The van der Waals surface area contributed by atoms with Crippen LogP contribution in [-0.2, 0) is 33.7 Å². The first-order valence-electron chi connectivity index (χ1n) is 11.0. The van der Waals surface area contributed by atoms with Gasteiger partial charge in [0.05, 0.1) is 20.3 Å². The molecule has 2 aromatic rings. The van der Waals surface area contributed by atoms with Gasteiger partial charge in [0.2, 0.25) is 0 Å². The summed E-state index contributed by atoms with van der Waals surface area (Å²) in [5.41, 5.74) is 4.00. The fourth-order valence-electron chi connectivity index (χ4n) is 4.07. The van der Waals surface area contributed by atoms with E-state index in [1.807, 2.05) is 44.2 Å². The van der Waals surface area contributed by atoms with Gasteiger partial charge in [-0.05, 0) is 58.9 Å². The van der Waals surface area contributed by atoms with Gasteiger partial charge in [0.1, 0.15) is 18.1 Å². The lowest BCUT2D eigenvalue weighted by molar-refractivity contribution is -0.147. The first kappa shape index (κ1) is 22.0. The molecule has 0 radical (unpaired) electrons. The normalized spacial score (nSPS) is 16.8. The summed E-state index contributed by atoms with van der Waals surface area (Å²) in [4.78, 5) is 26.6. The van der Waals surface area contributed by atoms with Crippen molar-refractivity contribution in [1.29, 1.82) is 0 Å². The van der Waals surface area contributed by atoms with E-state index >= 15 is 0 Å². The maximum Gasteiger partial charge on any atom is 0.410 e. The standard InChI is InChI=1S/C25H29NO6/c1-16(2)14-32-25(28)26-10-8-18-13-20(5-6-21(18)23(26)24(27)29-3)31-15-17-4-7-22-19(12-17)9-11-30-22/h4-7,12-13,16,23H,8-11,14-15H2,1-3H3. The van der Waals surface area contributed by atoms with E-state index < -0.39 is 18.1 Å². The number of esters is 1. The molecule has 2 aliphatic heterocycles. The van der Waals surface area contributed by atoms with Gasteiger partial charge in [-0.15, -0.1) is 0 Å². The fourth-order valence-corrected chi connectivity index (χ4v) is 4.07. The van der Waals surface area contributed by atoms with Crippen molar-refractivity contribution >= 4 is 12.1 Å². The van der Waals surface area contributed by atoms with Crippen LogP contribution in [0.3, 0.4) is 0 Å². The molecule has 2 aliphatic rings. The number of carbonyl (C=O) groups excluding carboxylic acids is 2. The molecule has 0 saturated heterocycles. The van der Waals surface area contributed by atoms with Crippen molar-refractivity contribution in [1.82, 2.24) is 4.90 Å². The summed E-state index contributed by atoms with van der Waals surface area (Å²) in [7, 11) is 1.33. The van der Waals surface area contributed by atoms with Crippen LogP contribution in [0.1, 0.15) is 42.1 Å². The van der Waals surface area contributed by atoms with Crippen molar-refractivity contribution in [3.8, 4) is 11.5 Å². The third-order valence-corrected chi connectivity index (χ3v) is 5.70. The van der Waals surface area contributed by atoms with Crippen LogP contribution >= 0.6 is 0 Å². The summed E-state index contributed by atoms with van der Waals surface area (Å²) in [6.45, 7) is 5.78. The molecular formula is C25H29NO6. The number of benzene rings is 2. The molecule has 1 amide bonds. The maximum atomic E-state index is 12.6. The van der Waals surface area contributed by atoms with Crippen molar-refractivity contribution in [2.75, 3.05) is 26.9 Å². The van der Waals surface area contributed by atoms with Crippen LogP contribution in [0.15, 0.2) is 36.4 Å². The number of nitrogens with zero attached hydrogens (tertiary/aromatic N) is 1. The van der Waals surface area contributed by atoms with E-state index in [2.05, 4.69) is 6.07 Å². The van der Waals surface area contributed by atoms with Gasteiger partial charge < -0.3 is 18.9 Å². The van der Waals surface area contributed by atoms with Crippen molar-refractivity contribution in [2.45, 2.75) is 39.3 Å². The van der Waals surface area contributed by atoms with Crippen LogP contribution in [0.25, 0.3) is 0 Å². The minimum Gasteiger partial charge on any atom is -0.493 e. The van der Waals surface area contributed by atoms with E-state index in [1.54, 1.807) is 0 Å². The Morgan fingerprint density at radius 1 is 1.12 bits per heavy atom. The second kappa shape index (κ2) is 9.51. The van der Waals surface area contributed by atoms with E-state index in [9.17, 15) is 9.59 Å². The Kier molecular flexibility index (Phi) is 6.53. The Bertz CT molecular complexity index is 1000. The minimum atomic E-state index is -0.825. The fraction of sp³-hybridized carbons (Fsp3) is 0.440. The number of ether oxygens (including phenoxy) is 4. The number of amides is 1. The average molecular weight is 440 g/mol. The van der Waals surface area contributed by atoms with E-state index in [4.69, 9.17) is 18.9 Å². The average Bonchev–Trinajstić information content (AvgIpc) is 3.27. The van der Waals surface area contributed by atoms with Crippen LogP contribution < -0.4 is 9.47 Å². The summed E-state index contributed by atoms with van der Waals surface area (Å²) in [5.74, 6) is 1.40. The number of fused-ring (bicyclic) bond motifs is 2. The molecule has 0 aliphatic carbocycles. The molecule has 170 valence electrons. The molecule has 2 aromatic carbocycles. The van der Waals surface area contributed by atoms with Gasteiger partial charge in [-0.3, -0.25) is 4.90 Å². The van der Waals surface area contributed by atoms with Crippen LogP contribution in [-0.4, -0.2) is 43.8 Å². The van der Waals surface area contributed by atoms with Crippen molar-refractivity contribution < 1.29 is 28.5 Å². The number of rotatable bonds is 6. The lowest BCUT2D eigenvalue weighted by Crippen LogP contribution is -2.44. The Labute approximate surface area is 188 Å². The molecule has 0 N–H and O–H groups in total. The van der Waals surface area contributed by atoms with Gasteiger partial charge >= 0.3 is 12.1 Å². The lowest BCUT2D eigenvalue weighted by Gasteiger charge is -2.35. The van der Waals surface area contributed by atoms with Crippen molar-refractivity contribution in [3.63, 3.8) is 0 Å². The van der Waals surface area contributed by atoms with Crippen LogP contribution in [0.5, 0.6) is 11.5 Å². The Morgan fingerprint density at radius 2 is 1.97 bits per heavy atom. The lowest BCUT2D eigenvalue weighted by atomic mass is 9.92. The molecule has 1 atom stereocenters. The summed E-state index contributed by atoms with van der Waals surface area (Å²) >= 11 is 0. The van der Waals surface area contributed by atoms with Gasteiger partial charge in [0.15, 0.2) is 6.04 Å². The maximum absolute atomic E-state index is 12.6. The van der Waals surface area contributed by atoms with Crippen molar-refractivity contribution in [3.05, 3.63) is 58.7 Å². The minimum absolute atomic E-state index is 0.213. The van der Waals surface area contributed by atoms with Gasteiger partial charge in [0, 0.05) is 13.0 Å². The molecule has 7 heteroatoms. The Balaban J connectivity index is 1.49. The quantitative estimate of drug-likeness (QED) is 0.632. The second-order valence-corrected chi connectivity index (χ2v) is 8.53. The number of hydrogen-bond acceptors (Lipinski definition) is 6. The Hall–Kier alpha value is -3.22. The van der Waals surface area contributed by atoms with Crippen LogP contribution in [0.4, 0.5) is 4.79 Å². The van der Waals surface area contributed by atoms with Crippen molar-refractivity contribution in [2.24, 2.45) is 5.92 Å². The smallest absolute Gasteiger partial charge is 0.410 e. The largest absolute Gasteiger partial charge is 0.493 e. The summed E-state index contributed by atoms with van der Waals surface area (Å²) in [5, 5.41) is 0. The van der Waals surface area contributed by atoms with Gasteiger partial charge in [0.25, 0.3) is 0 Å². The van der Waals surface area contributed by atoms with E-state index in [0.717, 1.165) is 41.2 Å². The first-order valence-corrected chi connectivity index (χ1v) is 11.0. The topological polar surface area (TPSA) is 74.3 Å². The zero-order chi connectivity index (χ0) is 22.7. The molecule has 0 bridgehead atoms.